The van der Waals surface area contributed by atoms with Crippen molar-refractivity contribution in [3.63, 3.8) is 0 Å². The van der Waals surface area contributed by atoms with Gasteiger partial charge in [0, 0.05) is 44.9 Å². The molecule has 0 N–H and O–H groups in total. The first-order chi connectivity index (χ1) is 15.2. The molecule has 0 aliphatic heterocycles. The summed E-state index contributed by atoms with van der Waals surface area (Å²) in [7, 11) is 0.360. The van der Waals surface area contributed by atoms with Crippen LogP contribution in [-0.2, 0) is 23.5 Å². The molecule has 0 aliphatic carbocycles. The van der Waals surface area contributed by atoms with Crippen molar-refractivity contribution in [2.24, 2.45) is 7.05 Å². The Labute approximate surface area is 188 Å². The number of ether oxygens (including phenoxy) is 2. The first-order valence-electron chi connectivity index (χ1n) is 10.1. The molecule has 8 nitrogen and oxygen atoms in total. The van der Waals surface area contributed by atoms with Crippen molar-refractivity contribution in [2.75, 3.05) is 26.5 Å². The first-order valence-corrected chi connectivity index (χ1v) is 12.0. The van der Waals surface area contributed by atoms with Crippen molar-refractivity contribution >= 4 is 15.7 Å². The van der Waals surface area contributed by atoms with Crippen LogP contribution in [0.4, 0.5) is 0 Å². The summed E-state index contributed by atoms with van der Waals surface area (Å²) in [6, 6.07) is 13.4. The minimum Gasteiger partial charge on any atom is -0.493 e. The first kappa shape index (κ1) is 23.3. The van der Waals surface area contributed by atoms with E-state index < -0.39 is 9.84 Å². The van der Waals surface area contributed by atoms with Gasteiger partial charge in [0.2, 0.25) is 0 Å². The van der Waals surface area contributed by atoms with E-state index in [1.54, 1.807) is 54.5 Å². The van der Waals surface area contributed by atoms with E-state index in [1.807, 2.05) is 17.8 Å². The van der Waals surface area contributed by atoms with Crippen LogP contribution in [0.25, 0.3) is 0 Å². The monoisotopic (exact) mass is 457 g/mol. The number of aryl methyl sites for hydroxylation is 1. The summed E-state index contributed by atoms with van der Waals surface area (Å²) in [6.45, 7) is 1.22. The number of amides is 1. The normalized spacial score (nSPS) is 11.2. The van der Waals surface area contributed by atoms with Gasteiger partial charge in [0.05, 0.1) is 11.5 Å². The van der Waals surface area contributed by atoms with E-state index in [-0.39, 0.29) is 10.8 Å². The molecule has 2 aromatic carbocycles. The number of nitrogens with zero attached hydrogens (tertiary/aromatic N) is 3. The maximum atomic E-state index is 12.6. The van der Waals surface area contributed by atoms with Crippen LogP contribution in [0.15, 0.2) is 65.8 Å². The smallest absolute Gasteiger partial charge is 0.253 e. The average Bonchev–Trinajstić information content (AvgIpc) is 3.19. The Kier molecular flexibility index (Phi) is 7.53. The highest BCUT2D eigenvalue weighted by molar-refractivity contribution is 7.90. The Balaban J connectivity index is 1.44. The lowest BCUT2D eigenvalue weighted by molar-refractivity contribution is 0.0787. The van der Waals surface area contributed by atoms with Gasteiger partial charge >= 0.3 is 0 Å². The highest BCUT2D eigenvalue weighted by atomic mass is 32.2. The molecular formula is C23H27N3O5S. The molecule has 32 heavy (non-hydrogen) atoms. The van der Waals surface area contributed by atoms with E-state index in [0.29, 0.717) is 43.2 Å². The minimum absolute atomic E-state index is 0.0975. The lowest BCUT2D eigenvalue weighted by atomic mass is 10.2. The number of imidazole rings is 1. The fourth-order valence-corrected chi connectivity index (χ4v) is 3.64. The molecule has 1 aromatic heterocycles. The number of hydrogen-bond donors (Lipinski definition) is 0. The lowest BCUT2D eigenvalue weighted by Gasteiger charge is -2.17. The van der Waals surface area contributed by atoms with Crippen LogP contribution < -0.4 is 9.47 Å². The van der Waals surface area contributed by atoms with Crippen molar-refractivity contribution in [1.82, 2.24) is 14.5 Å². The number of rotatable bonds is 10. The Bertz CT molecular complexity index is 1160. The van der Waals surface area contributed by atoms with Gasteiger partial charge in [-0.05, 0) is 48.9 Å². The van der Waals surface area contributed by atoms with Crippen molar-refractivity contribution in [3.8, 4) is 11.5 Å². The van der Waals surface area contributed by atoms with Gasteiger partial charge in [0.15, 0.2) is 9.84 Å². The second-order valence-corrected chi connectivity index (χ2v) is 9.46. The van der Waals surface area contributed by atoms with Crippen LogP contribution in [0.3, 0.4) is 0 Å². The predicted molar refractivity (Wildman–Crippen MR) is 121 cm³/mol. The van der Waals surface area contributed by atoms with Gasteiger partial charge < -0.3 is 18.9 Å². The zero-order chi connectivity index (χ0) is 23.1. The Morgan fingerprint density at radius 1 is 1.09 bits per heavy atom. The maximum absolute atomic E-state index is 12.6. The van der Waals surface area contributed by atoms with Gasteiger partial charge in [-0.2, -0.15) is 0 Å². The number of carbonyl (C=O) groups excluding carboxylic acids is 1. The fourth-order valence-electron chi connectivity index (χ4n) is 2.99. The molecule has 0 atom stereocenters. The molecule has 0 aliphatic rings. The van der Waals surface area contributed by atoms with Crippen LogP contribution in [0.5, 0.6) is 11.5 Å². The molecule has 0 radical (unpaired) electrons. The Hall–Kier alpha value is -3.33. The van der Waals surface area contributed by atoms with Gasteiger partial charge in [-0.25, -0.2) is 13.4 Å². The summed E-state index contributed by atoms with van der Waals surface area (Å²) < 4.78 is 36.5. The topological polar surface area (TPSA) is 90.7 Å². The molecule has 3 rings (SSSR count). The number of carbonyl (C=O) groups is 1. The van der Waals surface area contributed by atoms with Crippen molar-refractivity contribution in [3.05, 3.63) is 72.3 Å². The maximum Gasteiger partial charge on any atom is 0.253 e. The third-order valence-electron chi connectivity index (χ3n) is 4.88. The second-order valence-electron chi connectivity index (χ2n) is 7.44. The second kappa shape index (κ2) is 10.3. The van der Waals surface area contributed by atoms with Gasteiger partial charge in [-0.3, -0.25) is 4.79 Å². The van der Waals surface area contributed by atoms with Crippen LogP contribution >= 0.6 is 0 Å². The predicted octanol–water partition coefficient (Wildman–Crippen LogP) is 2.94. The van der Waals surface area contributed by atoms with E-state index in [4.69, 9.17) is 9.47 Å². The Morgan fingerprint density at radius 2 is 1.84 bits per heavy atom. The van der Waals surface area contributed by atoms with Crippen molar-refractivity contribution in [2.45, 2.75) is 17.9 Å². The highest BCUT2D eigenvalue weighted by Crippen LogP contribution is 2.18. The van der Waals surface area contributed by atoms with E-state index in [9.17, 15) is 13.2 Å². The van der Waals surface area contributed by atoms with Crippen LogP contribution in [0.1, 0.15) is 22.6 Å². The third-order valence-corrected chi connectivity index (χ3v) is 5.99. The molecule has 9 heteroatoms. The zero-order valence-corrected chi connectivity index (χ0v) is 19.2. The van der Waals surface area contributed by atoms with Crippen LogP contribution in [0, 0.1) is 0 Å². The molecule has 0 saturated heterocycles. The summed E-state index contributed by atoms with van der Waals surface area (Å²) >= 11 is 0. The molecule has 170 valence electrons. The number of aromatic nitrogens is 2. The van der Waals surface area contributed by atoms with E-state index in [0.717, 1.165) is 12.1 Å². The number of hydrogen-bond acceptors (Lipinski definition) is 6. The van der Waals surface area contributed by atoms with Crippen LogP contribution in [0.2, 0.25) is 0 Å². The van der Waals surface area contributed by atoms with Crippen molar-refractivity contribution in [1.29, 1.82) is 0 Å². The van der Waals surface area contributed by atoms with Gasteiger partial charge in [0.1, 0.15) is 23.9 Å². The molecule has 0 saturated carbocycles. The zero-order valence-electron chi connectivity index (χ0n) is 18.4. The molecule has 0 fully saturated rings. The average molecular weight is 458 g/mol. The third kappa shape index (κ3) is 6.34. The van der Waals surface area contributed by atoms with Gasteiger partial charge in [-0.1, -0.05) is 6.07 Å². The fraction of sp³-hybridized carbons (Fsp3) is 0.304. The van der Waals surface area contributed by atoms with Gasteiger partial charge in [0.25, 0.3) is 5.91 Å². The quantitative estimate of drug-likeness (QED) is 0.435. The van der Waals surface area contributed by atoms with Crippen LogP contribution in [-0.4, -0.2) is 55.2 Å². The van der Waals surface area contributed by atoms with Crippen molar-refractivity contribution < 1.29 is 22.7 Å². The molecule has 1 amide bonds. The number of benzene rings is 2. The minimum atomic E-state index is -3.28. The summed E-state index contributed by atoms with van der Waals surface area (Å²) in [5.74, 6) is 1.87. The molecule has 0 unspecified atom stereocenters. The lowest BCUT2D eigenvalue weighted by Crippen LogP contribution is -2.28. The SMILES string of the molecule is CN(CCCOc1cccc(S(C)(=O)=O)c1)C(=O)c1ccc(OCc2nccn2C)cc1. The van der Waals surface area contributed by atoms with E-state index >= 15 is 0 Å². The molecule has 1 heterocycles. The molecule has 0 bridgehead atoms. The molecular weight excluding hydrogens is 430 g/mol. The van der Waals surface area contributed by atoms with E-state index in [2.05, 4.69) is 4.98 Å². The summed E-state index contributed by atoms with van der Waals surface area (Å²) in [5, 5.41) is 0. The van der Waals surface area contributed by atoms with E-state index in [1.165, 1.54) is 12.1 Å². The molecule has 0 spiro atoms. The summed E-state index contributed by atoms with van der Waals surface area (Å²) in [4.78, 5) is 18.7. The van der Waals surface area contributed by atoms with Gasteiger partial charge in [-0.15, -0.1) is 0 Å². The standard InChI is InChI=1S/C23H27N3O5S/c1-25-14-12-24-22(25)17-31-19-10-8-18(9-11-19)23(27)26(2)13-5-15-30-20-6-4-7-21(16-20)32(3,28)29/h4,6-12,14,16H,5,13,15,17H2,1-3H3. The number of sulfone groups is 1. The molecule has 3 aromatic rings. The summed E-state index contributed by atoms with van der Waals surface area (Å²) in [5.41, 5.74) is 0.568. The largest absolute Gasteiger partial charge is 0.493 e. The Morgan fingerprint density at radius 3 is 2.50 bits per heavy atom. The highest BCUT2D eigenvalue weighted by Gasteiger charge is 2.12. The summed E-state index contributed by atoms with van der Waals surface area (Å²) in [6.07, 6.45) is 5.34.